The number of aliphatic hydroxyl groups is 1. The van der Waals surface area contributed by atoms with Gasteiger partial charge in [0.2, 0.25) is 0 Å². The van der Waals surface area contributed by atoms with Gasteiger partial charge in [-0.2, -0.15) is 0 Å². The van der Waals surface area contributed by atoms with Crippen LogP contribution in [0.1, 0.15) is 24.0 Å². The fourth-order valence-electron chi connectivity index (χ4n) is 3.90. The Labute approximate surface area is 167 Å². The summed E-state index contributed by atoms with van der Waals surface area (Å²) in [6, 6.07) is 29.2. The second kappa shape index (κ2) is 8.55. The molecule has 0 aliphatic carbocycles. The van der Waals surface area contributed by atoms with Gasteiger partial charge in [-0.15, -0.1) is 0 Å². The molecule has 3 aromatic rings. The maximum Gasteiger partial charge on any atom is 0.0920 e. The van der Waals surface area contributed by atoms with Crippen LogP contribution in [0.25, 0.3) is 17.2 Å². The van der Waals surface area contributed by atoms with Crippen LogP contribution in [-0.4, -0.2) is 29.6 Å². The van der Waals surface area contributed by atoms with Crippen molar-refractivity contribution in [3.05, 3.63) is 102 Å². The molecule has 4 rings (SSSR count). The van der Waals surface area contributed by atoms with Crippen LogP contribution >= 0.6 is 0 Å². The average molecular weight is 370 g/mol. The van der Waals surface area contributed by atoms with E-state index >= 15 is 0 Å². The number of benzene rings is 3. The normalized spacial score (nSPS) is 17.0. The van der Waals surface area contributed by atoms with Crippen molar-refractivity contribution in [1.82, 2.24) is 4.90 Å². The topological polar surface area (TPSA) is 23.5 Å². The van der Waals surface area contributed by atoms with Crippen molar-refractivity contribution < 1.29 is 5.11 Å². The third kappa shape index (κ3) is 4.41. The molecular formula is C26H27NO. The van der Waals surface area contributed by atoms with Crippen LogP contribution in [0.5, 0.6) is 0 Å². The summed E-state index contributed by atoms with van der Waals surface area (Å²) in [7, 11) is 0. The lowest BCUT2D eigenvalue weighted by molar-refractivity contribution is -0.0233. The molecule has 2 heteroatoms. The van der Waals surface area contributed by atoms with Gasteiger partial charge in [0, 0.05) is 19.6 Å². The first-order chi connectivity index (χ1) is 13.7. The second-order valence-corrected chi connectivity index (χ2v) is 7.59. The highest BCUT2D eigenvalue weighted by atomic mass is 16.3. The minimum absolute atomic E-state index is 0.713. The first-order valence-electron chi connectivity index (χ1n) is 10.1. The quantitative estimate of drug-likeness (QED) is 0.655. The molecule has 1 aliphatic rings. The zero-order chi connectivity index (χ0) is 19.2. The number of rotatable bonds is 5. The molecule has 142 valence electrons. The van der Waals surface area contributed by atoms with Gasteiger partial charge in [0.15, 0.2) is 0 Å². The number of nitrogens with zero attached hydrogens (tertiary/aromatic N) is 1. The van der Waals surface area contributed by atoms with Crippen LogP contribution in [0.15, 0.2) is 91.0 Å². The molecule has 0 aromatic heterocycles. The SMILES string of the molecule is OC1(c2ccc(-c3ccccc3)cc2)CCN(CC=Cc2ccccc2)CC1. The molecule has 1 heterocycles. The van der Waals surface area contributed by atoms with Crippen molar-refractivity contribution in [3.63, 3.8) is 0 Å². The third-order valence-electron chi connectivity index (χ3n) is 5.69. The molecule has 1 N–H and O–H groups in total. The van der Waals surface area contributed by atoms with E-state index in [1.165, 1.54) is 16.7 Å². The van der Waals surface area contributed by atoms with Gasteiger partial charge in [-0.3, -0.25) is 4.90 Å². The summed E-state index contributed by atoms with van der Waals surface area (Å²) in [6.45, 7) is 2.75. The zero-order valence-corrected chi connectivity index (χ0v) is 16.2. The van der Waals surface area contributed by atoms with E-state index in [0.717, 1.165) is 38.0 Å². The molecule has 1 saturated heterocycles. The predicted molar refractivity (Wildman–Crippen MR) is 117 cm³/mol. The Balaban J connectivity index is 1.35. The van der Waals surface area contributed by atoms with Gasteiger partial charge < -0.3 is 5.11 Å². The van der Waals surface area contributed by atoms with Crippen molar-refractivity contribution >= 4 is 6.08 Å². The number of likely N-dealkylation sites (tertiary alicyclic amines) is 1. The van der Waals surface area contributed by atoms with Gasteiger partial charge in [0.25, 0.3) is 0 Å². The van der Waals surface area contributed by atoms with E-state index in [4.69, 9.17) is 0 Å². The number of hydrogen-bond acceptors (Lipinski definition) is 2. The third-order valence-corrected chi connectivity index (χ3v) is 5.69. The second-order valence-electron chi connectivity index (χ2n) is 7.59. The van der Waals surface area contributed by atoms with Crippen molar-refractivity contribution in [2.45, 2.75) is 18.4 Å². The summed E-state index contributed by atoms with van der Waals surface area (Å²) in [4.78, 5) is 2.41. The van der Waals surface area contributed by atoms with E-state index in [9.17, 15) is 5.11 Å². The fourth-order valence-corrected chi connectivity index (χ4v) is 3.90. The van der Waals surface area contributed by atoms with E-state index in [1.54, 1.807) is 0 Å². The Morgan fingerprint density at radius 2 is 1.32 bits per heavy atom. The zero-order valence-electron chi connectivity index (χ0n) is 16.2. The molecule has 0 unspecified atom stereocenters. The Morgan fingerprint density at radius 1 is 0.750 bits per heavy atom. The van der Waals surface area contributed by atoms with Crippen LogP contribution in [0.2, 0.25) is 0 Å². The van der Waals surface area contributed by atoms with E-state index < -0.39 is 5.60 Å². The summed E-state index contributed by atoms with van der Waals surface area (Å²) >= 11 is 0. The van der Waals surface area contributed by atoms with Crippen molar-refractivity contribution in [2.24, 2.45) is 0 Å². The summed E-state index contributed by atoms with van der Waals surface area (Å²) in [5.41, 5.74) is 3.95. The van der Waals surface area contributed by atoms with Gasteiger partial charge >= 0.3 is 0 Å². The highest BCUT2D eigenvalue weighted by Gasteiger charge is 2.33. The summed E-state index contributed by atoms with van der Waals surface area (Å²) in [5.74, 6) is 0. The molecular weight excluding hydrogens is 342 g/mol. The van der Waals surface area contributed by atoms with E-state index in [1.807, 2.05) is 12.1 Å². The standard InChI is InChI=1S/C26H27NO/c28-26(25-15-13-24(14-16-25)23-11-5-2-6-12-23)17-20-27(21-18-26)19-7-10-22-8-3-1-4-9-22/h1-16,28H,17-21H2. The van der Waals surface area contributed by atoms with Crippen LogP contribution in [0.3, 0.4) is 0 Å². The molecule has 0 amide bonds. The fraction of sp³-hybridized carbons (Fsp3) is 0.231. The largest absolute Gasteiger partial charge is 0.385 e. The van der Waals surface area contributed by atoms with Crippen LogP contribution in [0, 0.1) is 0 Å². The summed E-state index contributed by atoms with van der Waals surface area (Å²) in [5, 5.41) is 11.2. The molecule has 3 aromatic carbocycles. The number of hydrogen-bond donors (Lipinski definition) is 1. The average Bonchev–Trinajstić information content (AvgIpc) is 2.77. The Kier molecular flexibility index (Phi) is 5.70. The minimum atomic E-state index is -0.713. The molecule has 0 radical (unpaired) electrons. The summed E-state index contributed by atoms with van der Waals surface area (Å²) in [6.07, 6.45) is 5.94. The Bertz CT molecular complexity index is 892. The minimum Gasteiger partial charge on any atom is -0.385 e. The van der Waals surface area contributed by atoms with Gasteiger partial charge in [0.1, 0.15) is 0 Å². The van der Waals surface area contributed by atoms with Crippen molar-refractivity contribution in [2.75, 3.05) is 19.6 Å². The summed E-state index contributed by atoms with van der Waals surface area (Å²) < 4.78 is 0. The van der Waals surface area contributed by atoms with Crippen LogP contribution in [0.4, 0.5) is 0 Å². The predicted octanol–water partition coefficient (Wildman–Crippen LogP) is 5.35. The first-order valence-corrected chi connectivity index (χ1v) is 10.1. The van der Waals surface area contributed by atoms with Crippen molar-refractivity contribution in [1.29, 1.82) is 0 Å². The maximum absolute atomic E-state index is 11.2. The van der Waals surface area contributed by atoms with Gasteiger partial charge in [-0.25, -0.2) is 0 Å². The van der Waals surface area contributed by atoms with Gasteiger partial charge in [0.05, 0.1) is 5.60 Å². The monoisotopic (exact) mass is 369 g/mol. The highest BCUT2D eigenvalue weighted by molar-refractivity contribution is 5.63. The van der Waals surface area contributed by atoms with Crippen LogP contribution in [-0.2, 0) is 5.60 Å². The highest BCUT2D eigenvalue weighted by Crippen LogP contribution is 2.34. The molecule has 2 nitrogen and oxygen atoms in total. The molecule has 0 bridgehead atoms. The molecule has 28 heavy (non-hydrogen) atoms. The molecule has 0 spiro atoms. The Hall–Kier alpha value is -2.68. The maximum atomic E-state index is 11.2. The first kappa shape index (κ1) is 18.7. The molecule has 0 atom stereocenters. The smallest absolute Gasteiger partial charge is 0.0920 e. The van der Waals surface area contributed by atoms with Crippen LogP contribution < -0.4 is 0 Å². The van der Waals surface area contributed by atoms with E-state index in [2.05, 4.69) is 89.8 Å². The van der Waals surface area contributed by atoms with E-state index in [0.29, 0.717) is 0 Å². The van der Waals surface area contributed by atoms with Gasteiger partial charge in [-0.1, -0.05) is 97.1 Å². The Morgan fingerprint density at radius 3 is 1.96 bits per heavy atom. The van der Waals surface area contributed by atoms with Crippen molar-refractivity contribution in [3.8, 4) is 11.1 Å². The lowest BCUT2D eigenvalue weighted by Crippen LogP contribution is -2.42. The lowest BCUT2D eigenvalue weighted by Gasteiger charge is -2.38. The number of piperidine rings is 1. The molecule has 1 fully saturated rings. The van der Waals surface area contributed by atoms with E-state index in [-0.39, 0.29) is 0 Å². The molecule has 0 saturated carbocycles. The molecule has 1 aliphatic heterocycles. The lowest BCUT2D eigenvalue weighted by atomic mass is 9.84. The van der Waals surface area contributed by atoms with Gasteiger partial charge in [-0.05, 0) is 35.1 Å².